The monoisotopic (exact) mass is 264 g/mol. The second-order valence-corrected chi connectivity index (χ2v) is 3.76. The number of aryl methyl sites for hydroxylation is 1. The van der Waals surface area contributed by atoms with Gasteiger partial charge in [-0.25, -0.2) is 0 Å². The largest absolute Gasteiger partial charge is 0.401 e. The molecule has 0 spiro atoms. The van der Waals surface area contributed by atoms with Gasteiger partial charge in [0.25, 0.3) is 0 Å². The molecule has 1 amide bonds. The average Bonchev–Trinajstić information content (AvgIpc) is 2.64. The zero-order chi connectivity index (χ0) is 13.6. The number of halogens is 3. The van der Waals surface area contributed by atoms with Crippen molar-refractivity contribution in [2.24, 2.45) is 0 Å². The van der Waals surface area contributed by atoms with Crippen molar-refractivity contribution in [3.63, 3.8) is 0 Å². The Morgan fingerprint density at radius 3 is 2.83 bits per heavy atom. The highest BCUT2D eigenvalue weighted by atomic mass is 19.4. The van der Waals surface area contributed by atoms with E-state index in [1.54, 1.807) is 10.9 Å². The second-order valence-electron chi connectivity index (χ2n) is 3.76. The summed E-state index contributed by atoms with van der Waals surface area (Å²) in [6.07, 6.45) is -0.322. The van der Waals surface area contributed by atoms with Crippen LogP contribution in [0.3, 0.4) is 0 Å². The predicted octanol–water partition coefficient (Wildman–Crippen LogP) is 1.38. The van der Waals surface area contributed by atoms with Crippen molar-refractivity contribution in [3.8, 4) is 0 Å². The number of rotatable bonds is 6. The van der Waals surface area contributed by atoms with Gasteiger partial charge in [-0.05, 0) is 6.42 Å². The maximum atomic E-state index is 11.8. The Morgan fingerprint density at radius 1 is 1.50 bits per heavy atom. The van der Waals surface area contributed by atoms with Crippen molar-refractivity contribution in [1.82, 2.24) is 15.1 Å². The minimum atomic E-state index is -4.31. The molecule has 1 heterocycles. The van der Waals surface area contributed by atoms with E-state index in [9.17, 15) is 18.0 Å². The van der Waals surface area contributed by atoms with Crippen LogP contribution in [0, 0.1) is 0 Å². The number of nitrogens with one attached hydrogen (secondary N) is 2. The molecule has 8 heteroatoms. The first kappa shape index (κ1) is 14.5. The molecule has 1 rings (SSSR count). The third-order valence-corrected chi connectivity index (χ3v) is 1.98. The van der Waals surface area contributed by atoms with Gasteiger partial charge in [-0.15, -0.1) is 0 Å². The topological polar surface area (TPSA) is 59.0 Å². The first-order valence-corrected chi connectivity index (χ1v) is 5.50. The van der Waals surface area contributed by atoms with Crippen LogP contribution in [0.15, 0.2) is 12.4 Å². The average molecular weight is 264 g/mol. The summed E-state index contributed by atoms with van der Waals surface area (Å²) >= 11 is 0. The van der Waals surface area contributed by atoms with Gasteiger partial charge < -0.3 is 10.6 Å². The third kappa shape index (κ3) is 5.67. The Bertz CT molecular complexity index is 389. The van der Waals surface area contributed by atoms with E-state index in [1.165, 1.54) is 6.20 Å². The lowest BCUT2D eigenvalue weighted by atomic mass is 10.4. The van der Waals surface area contributed by atoms with Crippen LogP contribution in [0.25, 0.3) is 0 Å². The third-order valence-electron chi connectivity index (χ3n) is 1.98. The molecule has 0 aliphatic rings. The number of carbonyl (C=O) groups excluding carboxylic acids is 1. The maximum absolute atomic E-state index is 11.8. The molecule has 1 aromatic heterocycles. The molecular weight excluding hydrogens is 249 g/mol. The Kier molecular flexibility index (Phi) is 5.14. The molecule has 0 saturated heterocycles. The Labute approximate surface area is 102 Å². The smallest absolute Gasteiger partial charge is 0.322 e. The van der Waals surface area contributed by atoms with E-state index in [0.717, 1.165) is 13.0 Å². The van der Waals surface area contributed by atoms with Crippen LogP contribution in [0.2, 0.25) is 0 Å². The predicted molar refractivity (Wildman–Crippen MR) is 60.1 cm³/mol. The van der Waals surface area contributed by atoms with Gasteiger partial charge in [0.2, 0.25) is 5.91 Å². The molecule has 0 aliphatic heterocycles. The number of carbonyl (C=O) groups is 1. The molecule has 0 unspecified atom stereocenters. The number of amides is 1. The number of anilines is 1. The highest BCUT2D eigenvalue weighted by Crippen LogP contribution is 2.12. The van der Waals surface area contributed by atoms with Crippen LogP contribution >= 0.6 is 0 Å². The number of nitrogens with zero attached hydrogens (tertiary/aromatic N) is 2. The normalized spacial score (nSPS) is 11.6. The Morgan fingerprint density at radius 2 is 2.22 bits per heavy atom. The van der Waals surface area contributed by atoms with E-state index in [2.05, 4.69) is 10.4 Å². The van der Waals surface area contributed by atoms with Crippen LogP contribution in [-0.4, -0.2) is 35.0 Å². The molecule has 0 aliphatic carbocycles. The molecule has 0 fully saturated rings. The Balaban J connectivity index is 2.31. The van der Waals surface area contributed by atoms with Crippen molar-refractivity contribution in [2.45, 2.75) is 26.1 Å². The van der Waals surface area contributed by atoms with Gasteiger partial charge in [-0.1, -0.05) is 6.92 Å². The fraction of sp³-hybridized carbons (Fsp3) is 0.600. The summed E-state index contributed by atoms with van der Waals surface area (Å²) < 4.78 is 37.1. The van der Waals surface area contributed by atoms with E-state index in [0.29, 0.717) is 5.69 Å². The fourth-order valence-corrected chi connectivity index (χ4v) is 1.30. The first-order valence-electron chi connectivity index (χ1n) is 5.50. The van der Waals surface area contributed by atoms with Crippen molar-refractivity contribution < 1.29 is 18.0 Å². The minimum Gasteiger partial charge on any atom is -0.322 e. The van der Waals surface area contributed by atoms with Crippen molar-refractivity contribution >= 4 is 11.6 Å². The van der Waals surface area contributed by atoms with Gasteiger partial charge in [0.05, 0.1) is 25.0 Å². The van der Waals surface area contributed by atoms with E-state index in [4.69, 9.17) is 0 Å². The SMILES string of the molecule is CCCn1cc(NC(=O)CNCC(F)(F)F)cn1. The quantitative estimate of drug-likeness (QED) is 0.816. The number of hydrogen-bond acceptors (Lipinski definition) is 3. The summed E-state index contributed by atoms with van der Waals surface area (Å²) in [6, 6.07) is 0. The van der Waals surface area contributed by atoms with Gasteiger partial charge in [0, 0.05) is 12.7 Å². The van der Waals surface area contributed by atoms with Gasteiger partial charge in [0.15, 0.2) is 0 Å². The summed E-state index contributed by atoms with van der Waals surface area (Å²) in [5.41, 5.74) is 0.474. The molecule has 5 nitrogen and oxygen atoms in total. The van der Waals surface area contributed by atoms with Crippen LogP contribution in [-0.2, 0) is 11.3 Å². The molecule has 0 bridgehead atoms. The molecule has 0 saturated carbocycles. The molecular formula is C10H15F3N4O. The molecule has 0 aromatic carbocycles. The lowest BCUT2D eigenvalue weighted by Gasteiger charge is -2.07. The molecule has 0 radical (unpaired) electrons. The lowest BCUT2D eigenvalue weighted by molar-refractivity contribution is -0.126. The first-order chi connectivity index (χ1) is 8.40. The number of hydrogen-bond donors (Lipinski definition) is 2. The lowest BCUT2D eigenvalue weighted by Crippen LogP contribution is -2.35. The summed E-state index contributed by atoms with van der Waals surface area (Å²) in [5, 5.41) is 8.45. The molecule has 1 aromatic rings. The number of alkyl halides is 3. The van der Waals surface area contributed by atoms with Gasteiger partial charge in [-0.3, -0.25) is 9.48 Å². The molecule has 0 atom stereocenters. The number of aromatic nitrogens is 2. The van der Waals surface area contributed by atoms with Gasteiger partial charge >= 0.3 is 6.18 Å². The highest BCUT2D eigenvalue weighted by Gasteiger charge is 2.26. The minimum absolute atomic E-state index is 0.390. The standard InChI is InChI=1S/C10H15F3N4O/c1-2-3-17-6-8(4-15-17)16-9(18)5-14-7-10(11,12)13/h4,6,14H,2-3,5,7H2,1H3,(H,16,18). The van der Waals surface area contributed by atoms with Crippen molar-refractivity contribution in [3.05, 3.63) is 12.4 Å². The van der Waals surface area contributed by atoms with E-state index < -0.39 is 25.2 Å². The van der Waals surface area contributed by atoms with E-state index in [1.807, 2.05) is 12.2 Å². The summed E-state index contributed by atoms with van der Waals surface area (Å²) in [5.74, 6) is -0.532. The molecule has 18 heavy (non-hydrogen) atoms. The summed E-state index contributed by atoms with van der Waals surface area (Å²) in [6.45, 7) is 1.14. The fourth-order valence-electron chi connectivity index (χ4n) is 1.30. The summed E-state index contributed by atoms with van der Waals surface area (Å²) in [4.78, 5) is 11.3. The van der Waals surface area contributed by atoms with Gasteiger partial charge in [0.1, 0.15) is 0 Å². The summed E-state index contributed by atoms with van der Waals surface area (Å²) in [7, 11) is 0. The zero-order valence-corrected chi connectivity index (χ0v) is 9.92. The van der Waals surface area contributed by atoms with E-state index >= 15 is 0 Å². The van der Waals surface area contributed by atoms with Crippen molar-refractivity contribution in [2.75, 3.05) is 18.4 Å². The Hall–Kier alpha value is -1.57. The zero-order valence-electron chi connectivity index (χ0n) is 9.92. The van der Waals surface area contributed by atoms with Crippen LogP contribution in [0.4, 0.5) is 18.9 Å². The highest BCUT2D eigenvalue weighted by molar-refractivity contribution is 5.91. The van der Waals surface area contributed by atoms with Crippen LogP contribution in [0.1, 0.15) is 13.3 Å². The van der Waals surface area contributed by atoms with Crippen LogP contribution in [0.5, 0.6) is 0 Å². The maximum Gasteiger partial charge on any atom is 0.401 e. The second kappa shape index (κ2) is 6.39. The molecule has 102 valence electrons. The van der Waals surface area contributed by atoms with Crippen molar-refractivity contribution in [1.29, 1.82) is 0 Å². The van der Waals surface area contributed by atoms with Crippen LogP contribution < -0.4 is 10.6 Å². The molecule has 2 N–H and O–H groups in total. The van der Waals surface area contributed by atoms with Gasteiger partial charge in [-0.2, -0.15) is 18.3 Å². The van der Waals surface area contributed by atoms with E-state index in [-0.39, 0.29) is 0 Å².